The lowest BCUT2D eigenvalue weighted by Gasteiger charge is -2.24. The fourth-order valence-corrected chi connectivity index (χ4v) is 4.52. The van der Waals surface area contributed by atoms with Gasteiger partial charge in [0.05, 0.1) is 0 Å². The number of carbonyl (C=O) groups is 1. The second-order valence-electron chi connectivity index (χ2n) is 8.89. The van der Waals surface area contributed by atoms with Crippen molar-refractivity contribution in [3.8, 4) is 6.01 Å². The van der Waals surface area contributed by atoms with Crippen LogP contribution in [0.15, 0.2) is 54.6 Å². The number of amides is 1. The largest absolute Gasteiger partial charge is 0.458 e. The highest BCUT2D eigenvalue weighted by molar-refractivity contribution is 5.98. The minimum Gasteiger partial charge on any atom is -0.458 e. The molecular formula is C26H30N6O2. The van der Waals surface area contributed by atoms with Crippen LogP contribution < -0.4 is 20.7 Å². The molecule has 2 aromatic carbocycles. The summed E-state index contributed by atoms with van der Waals surface area (Å²) in [4.78, 5) is 25.9. The number of ether oxygens (including phenoxy) is 1. The number of hydrogen-bond donors (Lipinski definition) is 2. The number of fused-ring (bicyclic) bond motifs is 1. The molecule has 8 heteroatoms. The highest BCUT2D eigenvalue weighted by Gasteiger charge is 2.25. The molecule has 3 aromatic rings. The molecule has 8 nitrogen and oxygen atoms in total. The van der Waals surface area contributed by atoms with E-state index in [4.69, 9.17) is 10.5 Å². The number of carbonyl (C=O) groups excluding carboxylic acids is 1. The lowest BCUT2D eigenvalue weighted by atomic mass is 10.1. The third-order valence-corrected chi connectivity index (χ3v) is 6.25. The maximum atomic E-state index is 12.4. The predicted molar refractivity (Wildman–Crippen MR) is 132 cm³/mol. The monoisotopic (exact) mass is 458 g/mol. The van der Waals surface area contributed by atoms with Gasteiger partial charge in [-0.05, 0) is 42.6 Å². The first-order chi connectivity index (χ1) is 16.6. The fourth-order valence-electron chi connectivity index (χ4n) is 4.52. The Hall–Kier alpha value is -3.65. The molecule has 2 aliphatic heterocycles. The Balaban J connectivity index is 1.38. The highest BCUT2D eigenvalue weighted by Crippen LogP contribution is 2.34. The van der Waals surface area contributed by atoms with Gasteiger partial charge in [-0.2, -0.15) is 9.97 Å². The first kappa shape index (κ1) is 22.2. The van der Waals surface area contributed by atoms with E-state index in [1.807, 2.05) is 30.3 Å². The van der Waals surface area contributed by atoms with Crippen molar-refractivity contribution >= 4 is 23.2 Å². The van der Waals surface area contributed by atoms with Crippen molar-refractivity contribution in [1.82, 2.24) is 14.9 Å². The quantitative estimate of drug-likeness (QED) is 0.559. The maximum absolute atomic E-state index is 12.4. The first-order valence-electron chi connectivity index (χ1n) is 11.8. The number of benzene rings is 2. The molecule has 0 spiro atoms. The first-order valence-corrected chi connectivity index (χ1v) is 11.8. The van der Waals surface area contributed by atoms with Crippen LogP contribution in [-0.4, -0.2) is 40.4 Å². The third kappa shape index (κ3) is 5.28. The number of rotatable bonds is 7. The number of nitrogen functional groups attached to an aromatic ring is 1. The van der Waals surface area contributed by atoms with Gasteiger partial charge in [-0.25, -0.2) is 0 Å². The number of anilines is 3. The second kappa shape index (κ2) is 10.1. The Morgan fingerprint density at radius 2 is 1.65 bits per heavy atom. The van der Waals surface area contributed by atoms with Crippen LogP contribution in [0.2, 0.25) is 0 Å². The summed E-state index contributed by atoms with van der Waals surface area (Å²) >= 11 is 0. The van der Waals surface area contributed by atoms with Crippen LogP contribution in [0.3, 0.4) is 0 Å². The Bertz CT molecular complexity index is 1150. The van der Waals surface area contributed by atoms with Crippen LogP contribution in [0.1, 0.15) is 36.0 Å². The molecule has 1 fully saturated rings. The van der Waals surface area contributed by atoms with Gasteiger partial charge in [0, 0.05) is 26.1 Å². The van der Waals surface area contributed by atoms with E-state index >= 15 is 0 Å². The van der Waals surface area contributed by atoms with Crippen molar-refractivity contribution in [2.75, 3.05) is 35.6 Å². The van der Waals surface area contributed by atoms with Crippen LogP contribution >= 0.6 is 0 Å². The molecule has 0 unspecified atom stereocenters. The molecule has 2 aliphatic rings. The number of nitrogens with zero attached hydrogens (tertiary/aromatic N) is 4. The van der Waals surface area contributed by atoms with E-state index in [2.05, 4.69) is 49.4 Å². The highest BCUT2D eigenvalue weighted by atomic mass is 16.5. The van der Waals surface area contributed by atoms with Crippen molar-refractivity contribution in [1.29, 1.82) is 0 Å². The van der Waals surface area contributed by atoms with Crippen molar-refractivity contribution in [2.45, 2.75) is 39.0 Å². The number of aromatic nitrogens is 2. The summed E-state index contributed by atoms with van der Waals surface area (Å²) in [7, 11) is 0. The van der Waals surface area contributed by atoms with E-state index in [1.54, 1.807) is 0 Å². The normalized spacial score (nSPS) is 16.1. The van der Waals surface area contributed by atoms with Gasteiger partial charge < -0.3 is 20.7 Å². The van der Waals surface area contributed by atoms with Crippen LogP contribution in [0.5, 0.6) is 6.01 Å². The van der Waals surface area contributed by atoms with E-state index in [0.29, 0.717) is 37.6 Å². The minimum absolute atomic E-state index is 0.0974. The van der Waals surface area contributed by atoms with Gasteiger partial charge in [0.2, 0.25) is 5.91 Å². The summed E-state index contributed by atoms with van der Waals surface area (Å²) in [5, 5.41) is 2.87. The number of likely N-dealkylation sites (tertiary alicyclic amines) is 1. The zero-order valence-corrected chi connectivity index (χ0v) is 19.2. The maximum Gasteiger partial charge on any atom is 0.320 e. The zero-order chi connectivity index (χ0) is 23.3. The van der Waals surface area contributed by atoms with Gasteiger partial charge in [0.1, 0.15) is 12.3 Å². The molecule has 0 bridgehead atoms. The molecule has 3 heterocycles. The van der Waals surface area contributed by atoms with E-state index < -0.39 is 0 Å². The van der Waals surface area contributed by atoms with Gasteiger partial charge in [-0.3, -0.25) is 9.69 Å². The molecule has 0 saturated carbocycles. The summed E-state index contributed by atoms with van der Waals surface area (Å²) < 4.78 is 5.85. The Kier molecular flexibility index (Phi) is 6.58. The molecule has 3 N–H and O–H groups in total. The average Bonchev–Trinajstić information content (AvgIpc) is 3.30. The van der Waals surface area contributed by atoms with Gasteiger partial charge in [-0.15, -0.1) is 0 Å². The van der Waals surface area contributed by atoms with Gasteiger partial charge in [0.25, 0.3) is 0 Å². The van der Waals surface area contributed by atoms with Gasteiger partial charge in [-0.1, -0.05) is 54.6 Å². The van der Waals surface area contributed by atoms with Crippen molar-refractivity contribution in [3.05, 3.63) is 71.3 Å². The Morgan fingerprint density at radius 3 is 2.44 bits per heavy atom. The van der Waals surface area contributed by atoms with Crippen molar-refractivity contribution in [3.63, 3.8) is 0 Å². The summed E-state index contributed by atoms with van der Waals surface area (Å²) in [6.07, 6.45) is 2.91. The standard InChI is InChI=1S/C26H30N6O2/c27-24-23-25(30-26(29-24)34-18-19-7-2-1-3-8-19)32(14-11-22(33)28-23)17-21-10-6-9-20(15-21)16-31-12-4-5-13-31/h1-3,6-10,15H,4-5,11-14,16-18H2,(H,28,33)(H2,27,29,30). The summed E-state index contributed by atoms with van der Waals surface area (Å²) in [5.74, 6) is 0.697. The number of nitrogens with two attached hydrogens (primary N) is 1. The molecule has 0 atom stereocenters. The molecule has 1 saturated heterocycles. The lowest BCUT2D eigenvalue weighted by molar-refractivity contribution is -0.115. The minimum atomic E-state index is -0.0974. The molecule has 1 aromatic heterocycles. The molecule has 0 radical (unpaired) electrons. The van der Waals surface area contributed by atoms with Crippen LogP contribution in [0.4, 0.5) is 17.3 Å². The molecule has 1 amide bonds. The molecule has 0 aliphatic carbocycles. The van der Waals surface area contributed by atoms with E-state index in [9.17, 15) is 4.79 Å². The van der Waals surface area contributed by atoms with Gasteiger partial charge in [0.15, 0.2) is 11.6 Å². The van der Waals surface area contributed by atoms with E-state index in [1.165, 1.54) is 37.1 Å². The van der Waals surface area contributed by atoms with Crippen molar-refractivity contribution in [2.24, 2.45) is 0 Å². The number of nitrogens with one attached hydrogen (secondary N) is 1. The lowest BCUT2D eigenvalue weighted by Crippen LogP contribution is -2.25. The van der Waals surface area contributed by atoms with E-state index in [0.717, 1.165) is 12.1 Å². The Morgan fingerprint density at radius 1 is 0.912 bits per heavy atom. The third-order valence-electron chi connectivity index (χ3n) is 6.25. The number of hydrogen-bond acceptors (Lipinski definition) is 7. The van der Waals surface area contributed by atoms with Crippen molar-refractivity contribution < 1.29 is 9.53 Å². The fraction of sp³-hybridized carbons (Fsp3) is 0.346. The Labute approximate surface area is 199 Å². The van der Waals surface area contributed by atoms with Crippen LogP contribution in [-0.2, 0) is 24.5 Å². The molecule has 176 valence electrons. The SMILES string of the molecule is Nc1nc(OCc2ccccc2)nc2c1NC(=O)CCN2Cc1cccc(CN2CCCC2)c1. The second-order valence-corrected chi connectivity index (χ2v) is 8.89. The van der Waals surface area contributed by atoms with Crippen LogP contribution in [0.25, 0.3) is 0 Å². The zero-order valence-electron chi connectivity index (χ0n) is 19.2. The molecule has 34 heavy (non-hydrogen) atoms. The van der Waals surface area contributed by atoms with E-state index in [-0.39, 0.29) is 17.7 Å². The van der Waals surface area contributed by atoms with Crippen LogP contribution in [0, 0.1) is 0 Å². The summed E-state index contributed by atoms with van der Waals surface area (Å²) in [6.45, 7) is 4.79. The average molecular weight is 459 g/mol. The molecule has 5 rings (SSSR count). The topological polar surface area (TPSA) is 96.6 Å². The molecular weight excluding hydrogens is 428 g/mol. The summed E-state index contributed by atoms with van der Waals surface area (Å²) in [6, 6.07) is 18.7. The summed E-state index contributed by atoms with van der Waals surface area (Å²) in [5.41, 5.74) is 10.2. The predicted octanol–water partition coefficient (Wildman–Crippen LogP) is 3.58. The van der Waals surface area contributed by atoms with Gasteiger partial charge >= 0.3 is 6.01 Å². The smallest absolute Gasteiger partial charge is 0.320 e.